The maximum absolute atomic E-state index is 12.2. The van der Waals surface area contributed by atoms with Crippen LogP contribution in [0, 0.1) is 5.92 Å². The van der Waals surface area contributed by atoms with Gasteiger partial charge in [-0.05, 0) is 17.7 Å². The zero-order chi connectivity index (χ0) is 17.6. The van der Waals surface area contributed by atoms with E-state index in [4.69, 9.17) is 9.47 Å². The van der Waals surface area contributed by atoms with E-state index in [0.29, 0.717) is 19.0 Å². The fraction of sp³-hybridized carbons (Fsp3) is 0.350. The topological polar surface area (TPSA) is 64.2 Å². The van der Waals surface area contributed by atoms with Crippen molar-refractivity contribution < 1.29 is 19.6 Å². The van der Waals surface area contributed by atoms with Crippen molar-refractivity contribution in [1.29, 1.82) is 0 Å². The van der Waals surface area contributed by atoms with Crippen molar-refractivity contribution in [3.05, 3.63) is 59.7 Å². The van der Waals surface area contributed by atoms with Gasteiger partial charge in [0.15, 0.2) is 18.0 Å². The Morgan fingerprint density at radius 3 is 2.64 bits per heavy atom. The summed E-state index contributed by atoms with van der Waals surface area (Å²) in [5.41, 5.74) is 2.25. The zero-order valence-corrected chi connectivity index (χ0v) is 14.7. The Morgan fingerprint density at radius 2 is 1.88 bits per heavy atom. The van der Waals surface area contributed by atoms with Crippen molar-refractivity contribution in [3.8, 4) is 11.5 Å². The Hall–Kier alpha value is -2.53. The summed E-state index contributed by atoms with van der Waals surface area (Å²) in [6.45, 7) is 5.51. The van der Waals surface area contributed by atoms with Gasteiger partial charge in [-0.2, -0.15) is 0 Å². The number of amides is 1. The lowest BCUT2D eigenvalue weighted by Gasteiger charge is -2.19. The van der Waals surface area contributed by atoms with Crippen LogP contribution in [0.2, 0.25) is 0 Å². The molecule has 0 fully saturated rings. The molecule has 1 aliphatic rings. The molecule has 0 aliphatic carbocycles. The normalized spacial score (nSPS) is 13.7. The van der Waals surface area contributed by atoms with Crippen LogP contribution in [0.1, 0.15) is 31.0 Å². The lowest BCUT2D eigenvalue weighted by Crippen LogP contribution is -2.88. The van der Waals surface area contributed by atoms with E-state index in [1.807, 2.05) is 36.4 Å². The molecule has 1 atom stereocenters. The summed E-state index contributed by atoms with van der Waals surface area (Å²) >= 11 is 0. The first-order valence-electron chi connectivity index (χ1n) is 8.67. The van der Waals surface area contributed by atoms with Crippen molar-refractivity contribution in [2.24, 2.45) is 5.92 Å². The van der Waals surface area contributed by atoms with E-state index in [0.717, 1.165) is 17.1 Å². The third kappa shape index (κ3) is 4.51. The number of benzene rings is 2. The number of hydrogen-bond acceptors (Lipinski definition) is 3. The molecule has 1 amide bonds. The maximum atomic E-state index is 12.2. The maximum Gasteiger partial charge on any atom is 0.275 e. The largest absolute Gasteiger partial charge is 0.454 e. The minimum Gasteiger partial charge on any atom is -0.454 e. The molecule has 0 saturated carbocycles. The first-order chi connectivity index (χ1) is 12.1. The minimum atomic E-state index is 0.0271. The molecule has 2 aromatic carbocycles. The van der Waals surface area contributed by atoms with Crippen LogP contribution in [0.4, 0.5) is 0 Å². The number of ether oxygens (including phenoxy) is 2. The van der Waals surface area contributed by atoms with Crippen molar-refractivity contribution in [1.82, 2.24) is 5.32 Å². The highest BCUT2D eigenvalue weighted by atomic mass is 16.7. The fourth-order valence-corrected chi connectivity index (χ4v) is 3.03. The molecule has 0 bridgehead atoms. The fourth-order valence-electron chi connectivity index (χ4n) is 3.03. The van der Waals surface area contributed by atoms with E-state index < -0.39 is 0 Å². The number of carbonyl (C=O) groups is 1. The summed E-state index contributed by atoms with van der Waals surface area (Å²) in [5.74, 6) is 1.97. The van der Waals surface area contributed by atoms with Gasteiger partial charge in [0.25, 0.3) is 5.91 Å². The van der Waals surface area contributed by atoms with E-state index in [2.05, 4.69) is 36.6 Å². The first kappa shape index (κ1) is 17.3. The zero-order valence-electron chi connectivity index (χ0n) is 14.7. The van der Waals surface area contributed by atoms with Crippen molar-refractivity contribution >= 4 is 5.91 Å². The SMILES string of the molecule is CC(C)[C@H]([NH2+]CC(=O)NCc1ccc2c(c1)OCO2)c1ccccc1. The summed E-state index contributed by atoms with van der Waals surface area (Å²) in [4.78, 5) is 12.2. The molecular weight excluding hydrogens is 316 g/mol. The molecule has 132 valence electrons. The van der Waals surface area contributed by atoms with E-state index in [1.54, 1.807) is 0 Å². The predicted molar refractivity (Wildman–Crippen MR) is 95.2 cm³/mol. The number of nitrogens with two attached hydrogens (primary N) is 1. The first-order valence-corrected chi connectivity index (χ1v) is 8.67. The molecule has 0 saturated heterocycles. The number of fused-ring (bicyclic) bond motifs is 1. The number of carbonyl (C=O) groups excluding carboxylic acids is 1. The molecule has 1 heterocycles. The van der Waals surface area contributed by atoms with Gasteiger partial charge in [-0.15, -0.1) is 0 Å². The van der Waals surface area contributed by atoms with Crippen LogP contribution in [0.3, 0.4) is 0 Å². The van der Waals surface area contributed by atoms with Gasteiger partial charge in [0.2, 0.25) is 6.79 Å². The molecule has 3 rings (SSSR count). The Kier molecular flexibility index (Phi) is 5.56. The molecule has 5 nitrogen and oxygen atoms in total. The Bertz CT molecular complexity index is 716. The summed E-state index contributed by atoms with van der Waals surface area (Å²) in [6, 6.07) is 16.3. The molecule has 3 N–H and O–H groups in total. The van der Waals surface area contributed by atoms with Gasteiger partial charge >= 0.3 is 0 Å². The van der Waals surface area contributed by atoms with Crippen molar-refractivity contribution in [2.75, 3.05) is 13.3 Å². The molecule has 25 heavy (non-hydrogen) atoms. The van der Waals surface area contributed by atoms with Crippen LogP contribution in [0.5, 0.6) is 11.5 Å². The van der Waals surface area contributed by atoms with Gasteiger partial charge in [-0.25, -0.2) is 0 Å². The van der Waals surface area contributed by atoms with E-state index in [9.17, 15) is 4.79 Å². The molecule has 5 heteroatoms. The predicted octanol–water partition coefficient (Wildman–Crippen LogP) is 1.99. The summed E-state index contributed by atoms with van der Waals surface area (Å²) in [7, 11) is 0. The van der Waals surface area contributed by atoms with Crippen molar-refractivity contribution in [2.45, 2.75) is 26.4 Å². The minimum absolute atomic E-state index is 0.0271. The molecule has 0 radical (unpaired) electrons. The summed E-state index contributed by atoms with van der Waals surface area (Å²) in [6.07, 6.45) is 0. The quantitative estimate of drug-likeness (QED) is 0.809. The average molecular weight is 341 g/mol. The van der Waals surface area contributed by atoms with E-state index in [1.165, 1.54) is 5.56 Å². The lowest BCUT2D eigenvalue weighted by molar-refractivity contribution is -0.692. The number of quaternary nitrogens is 1. The molecule has 1 aliphatic heterocycles. The highest BCUT2D eigenvalue weighted by Crippen LogP contribution is 2.32. The van der Waals surface area contributed by atoms with Gasteiger partial charge in [0, 0.05) is 18.0 Å². The highest BCUT2D eigenvalue weighted by molar-refractivity contribution is 5.76. The monoisotopic (exact) mass is 341 g/mol. The molecule has 0 aromatic heterocycles. The smallest absolute Gasteiger partial charge is 0.275 e. The van der Waals surface area contributed by atoms with Gasteiger partial charge < -0.3 is 20.1 Å². The number of rotatable bonds is 7. The van der Waals surface area contributed by atoms with Gasteiger partial charge in [0.1, 0.15) is 6.04 Å². The Balaban J connectivity index is 1.50. The Morgan fingerprint density at radius 1 is 1.12 bits per heavy atom. The van der Waals surface area contributed by atoms with Gasteiger partial charge in [-0.3, -0.25) is 4.79 Å². The molecule has 0 unspecified atom stereocenters. The average Bonchev–Trinajstić information content (AvgIpc) is 3.08. The second kappa shape index (κ2) is 8.03. The van der Waals surface area contributed by atoms with Crippen molar-refractivity contribution in [3.63, 3.8) is 0 Å². The van der Waals surface area contributed by atoms with E-state index in [-0.39, 0.29) is 18.7 Å². The number of nitrogens with one attached hydrogen (secondary N) is 1. The van der Waals surface area contributed by atoms with Crippen LogP contribution in [0.15, 0.2) is 48.5 Å². The standard InChI is InChI=1S/C20H24N2O3/c1-14(2)20(16-6-4-3-5-7-16)22-12-19(23)21-11-15-8-9-17-18(10-15)25-13-24-17/h3-10,14,20,22H,11-13H2,1-2H3,(H,21,23)/p+1/t20-/m0/s1. The van der Waals surface area contributed by atoms with Crippen LogP contribution in [-0.4, -0.2) is 19.2 Å². The lowest BCUT2D eigenvalue weighted by atomic mass is 9.96. The summed E-state index contributed by atoms with van der Waals surface area (Å²) < 4.78 is 10.7. The van der Waals surface area contributed by atoms with Crippen LogP contribution < -0.4 is 20.1 Å². The third-order valence-electron chi connectivity index (χ3n) is 4.39. The molecule has 0 spiro atoms. The Labute approximate surface area is 148 Å². The van der Waals surface area contributed by atoms with Gasteiger partial charge in [0.05, 0.1) is 0 Å². The van der Waals surface area contributed by atoms with Gasteiger partial charge in [-0.1, -0.05) is 50.2 Å². The molecular formula is C20H25N2O3+. The third-order valence-corrected chi connectivity index (χ3v) is 4.39. The second-order valence-corrected chi connectivity index (χ2v) is 6.58. The number of hydrogen-bond donors (Lipinski definition) is 2. The molecule has 2 aromatic rings. The summed E-state index contributed by atoms with van der Waals surface area (Å²) in [5, 5.41) is 5.08. The van der Waals surface area contributed by atoms with E-state index >= 15 is 0 Å². The highest BCUT2D eigenvalue weighted by Gasteiger charge is 2.20. The van der Waals surface area contributed by atoms with Crippen LogP contribution in [0.25, 0.3) is 0 Å². The second-order valence-electron chi connectivity index (χ2n) is 6.58. The van der Waals surface area contributed by atoms with Crippen LogP contribution in [-0.2, 0) is 11.3 Å². The van der Waals surface area contributed by atoms with Crippen LogP contribution >= 0.6 is 0 Å².